The summed E-state index contributed by atoms with van der Waals surface area (Å²) >= 11 is 0. The van der Waals surface area contributed by atoms with Crippen LogP contribution in [0.25, 0.3) is 0 Å². The van der Waals surface area contributed by atoms with Gasteiger partial charge in [-0.25, -0.2) is 8.42 Å². The van der Waals surface area contributed by atoms with Gasteiger partial charge in [-0.2, -0.15) is 4.31 Å². The highest BCUT2D eigenvalue weighted by Gasteiger charge is 2.50. The molecule has 35 heavy (non-hydrogen) atoms. The van der Waals surface area contributed by atoms with Crippen LogP contribution in [0, 0.1) is 11.8 Å². The highest BCUT2D eigenvalue weighted by atomic mass is 32.2. The van der Waals surface area contributed by atoms with Crippen LogP contribution < -0.4 is 0 Å². The van der Waals surface area contributed by atoms with Crippen LogP contribution >= 0.6 is 0 Å². The second-order valence-corrected chi connectivity index (χ2v) is 11.1. The Morgan fingerprint density at radius 1 is 0.800 bits per heavy atom. The minimum Gasteiger partial charge on any atom is -0.395 e. The molecular weight excluding hydrogens is 456 g/mol. The van der Waals surface area contributed by atoms with E-state index in [1.54, 1.807) is 28.6 Å². The first kappa shape index (κ1) is 23.8. The number of sulfonamides is 1. The molecule has 0 aromatic heterocycles. The highest BCUT2D eigenvalue weighted by Crippen LogP contribution is 2.42. The van der Waals surface area contributed by atoms with Crippen LogP contribution in [0.3, 0.4) is 0 Å². The van der Waals surface area contributed by atoms with Gasteiger partial charge in [0.1, 0.15) is 0 Å². The third kappa shape index (κ3) is 4.91. The number of rotatable bonds is 4. The lowest BCUT2D eigenvalue weighted by Gasteiger charge is -2.57. The molecule has 180 valence electrons. The Morgan fingerprint density at radius 2 is 1.40 bits per heavy atom. The van der Waals surface area contributed by atoms with Gasteiger partial charge in [-0.3, -0.25) is 4.90 Å². The molecule has 0 aliphatic carbocycles. The van der Waals surface area contributed by atoms with Crippen LogP contribution in [-0.2, 0) is 10.0 Å². The van der Waals surface area contributed by atoms with Crippen LogP contribution in [0.5, 0.6) is 0 Å². The first-order valence-electron chi connectivity index (χ1n) is 12.2. The standard InChI is InChI=1S/C29H30N2O3S/c32-22-28-29(25-17-15-24(16-18-25)14-13-23-9-3-1-4-10-23)27-21-30(19-7-8-20-31(27)28)35(33,34)26-11-5-2-6-12-26/h1-6,9-12,15-18,27-29,32H,7-8,19-22H2/t27-,28-,29-/m1/s1. The average Bonchev–Trinajstić information content (AvgIpc) is 2.88. The van der Waals surface area contributed by atoms with Crippen molar-refractivity contribution in [2.24, 2.45) is 0 Å². The van der Waals surface area contributed by atoms with E-state index in [0.29, 0.717) is 18.0 Å². The Hall–Kier alpha value is -2.95. The Bertz CT molecular complexity index is 1300. The number of fused-ring (bicyclic) bond motifs is 1. The van der Waals surface area contributed by atoms with Crippen molar-refractivity contribution >= 4 is 10.0 Å². The summed E-state index contributed by atoms with van der Waals surface area (Å²) in [6.45, 7) is 1.88. The number of benzene rings is 3. The third-order valence-corrected chi connectivity index (χ3v) is 9.01. The lowest BCUT2D eigenvalue weighted by atomic mass is 9.74. The van der Waals surface area contributed by atoms with E-state index in [9.17, 15) is 13.5 Å². The first-order valence-corrected chi connectivity index (χ1v) is 13.6. The van der Waals surface area contributed by atoms with Crippen molar-refractivity contribution < 1.29 is 13.5 Å². The summed E-state index contributed by atoms with van der Waals surface area (Å²) in [6.07, 6.45) is 1.72. The van der Waals surface area contributed by atoms with Gasteiger partial charge in [-0.05, 0) is 61.3 Å². The zero-order valence-electron chi connectivity index (χ0n) is 19.6. The maximum Gasteiger partial charge on any atom is 0.243 e. The van der Waals surface area contributed by atoms with E-state index >= 15 is 0 Å². The quantitative estimate of drug-likeness (QED) is 0.572. The molecule has 2 aliphatic rings. The lowest BCUT2D eigenvalue weighted by Crippen LogP contribution is -2.67. The molecule has 3 atom stereocenters. The second-order valence-electron chi connectivity index (χ2n) is 9.20. The summed E-state index contributed by atoms with van der Waals surface area (Å²) in [5.74, 6) is 6.47. The Balaban J connectivity index is 1.38. The fourth-order valence-electron chi connectivity index (χ4n) is 5.32. The van der Waals surface area contributed by atoms with Crippen molar-refractivity contribution in [1.82, 2.24) is 9.21 Å². The molecule has 6 heteroatoms. The molecule has 3 aromatic rings. The average molecular weight is 487 g/mol. The van der Waals surface area contributed by atoms with E-state index in [4.69, 9.17) is 0 Å². The molecule has 2 fully saturated rings. The predicted octanol–water partition coefficient (Wildman–Crippen LogP) is 3.70. The van der Waals surface area contributed by atoms with Gasteiger partial charge in [0.05, 0.1) is 11.5 Å². The zero-order valence-corrected chi connectivity index (χ0v) is 20.4. The minimum absolute atomic E-state index is 0.000585. The maximum absolute atomic E-state index is 13.4. The monoisotopic (exact) mass is 486 g/mol. The molecule has 2 heterocycles. The lowest BCUT2D eigenvalue weighted by molar-refractivity contribution is -0.0553. The Morgan fingerprint density at radius 3 is 2.06 bits per heavy atom. The summed E-state index contributed by atoms with van der Waals surface area (Å²) in [6, 6.07) is 26.8. The number of hydrogen-bond donors (Lipinski definition) is 1. The molecule has 0 saturated carbocycles. The summed E-state index contributed by atoms with van der Waals surface area (Å²) in [7, 11) is -3.57. The summed E-state index contributed by atoms with van der Waals surface area (Å²) < 4.78 is 28.4. The fraction of sp³-hybridized carbons (Fsp3) is 0.310. The topological polar surface area (TPSA) is 60.9 Å². The van der Waals surface area contributed by atoms with E-state index in [-0.39, 0.29) is 24.6 Å². The van der Waals surface area contributed by atoms with Crippen molar-refractivity contribution in [3.63, 3.8) is 0 Å². The normalized spacial score (nSPS) is 23.2. The van der Waals surface area contributed by atoms with E-state index in [2.05, 4.69) is 28.9 Å². The summed E-state index contributed by atoms with van der Waals surface area (Å²) in [5, 5.41) is 10.2. The SMILES string of the molecule is O=S(=O)(c1ccccc1)N1CCCCN2[C@H](CO)[C@H](c3ccc(C#Cc4ccccc4)cc3)[C@H]2C1. The largest absolute Gasteiger partial charge is 0.395 e. The van der Waals surface area contributed by atoms with Crippen LogP contribution in [0.1, 0.15) is 35.4 Å². The Kier molecular flexibility index (Phi) is 7.03. The van der Waals surface area contributed by atoms with Crippen molar-refractivity contribution in [2.45, 2.75) is 35.7 Å². The fourth-order valence-corrected chi connectivity index (χ4v) is 6.84. The molecule has 1 N–H and O–H groups in total. The molecule has 5 rings (SSSR count). The van der Waals surface area contributed by atoms with E-state index in [0.717, 1.165) is 36.1 Å². The molecular formula is C29H30N2O3S. The summed E-state index contributed by atoms with van der Waals surface area (Å²) in [4.78, 5) is 2.63. The van der Waals surface area contributed by atoms with Gasteiger partial charge in [-0.1, -0.05) is 60.4 Å². The second kappa shape index (κ2) is 10.3. The van der Waals surface area contributed by atoms with Gasteiger partial charge in [-0.15, -0.1) is 0 Å². The molecule has 0 radical (unpaired) electrons. The van der Waals surface area contributed by atoms with E-state index < -0.39 is 10.0 Å². The van der Waals surface area contributed by atoms with Crippen molar-refractivity contribution in [3.8, 4) is 11.8 Å². The van der Waals surface area contributed by atoms with E-state index in [1.807, 2.05) is 48.5 Å². The van der Waals surface area contributed by atoms with Gasteiger partial charge in [0.15, 0.2) is 0 Å². The van der Waals surface area contributed by atoms with Gasteiger partial charge in [0, 0.05) is 42.2 Å². The molecule has 5 nitrogen and oxygen atoms in total. The highest BCUT2D eigenvalue weighted by molar-refractivity contribution is 7.89. The van der Waals surface area contributed by atoms with Gasteiger partial charge in [0.25, 0.3) is 0 Å². The number of aliphatic hydroxyl groups excluding tert-OH is 1. The van der Waals surface area contributed by atoms with Crippen molar-refractivity contribution in [3.05, 3.63) is 102 Å². The Labute approximate surface area is 208 Å². The van der Waals surface area contributed by atoms with Crippen molar-refractivity contribution in [1.29, 1.82) is 0 Å². The molecule has 0 amide bonds. The smallest absolute Gasteiger partial charge is 0.243 e. The number of hydrogen-bond acceptors (Lipinski definition) is 4. The summed E-state index contributed by atoms with van der Waals surface area (Å²) in [5.41, 5.74) is 3.02. The zero-order chi connectivity index (χ0) is 24.3. The van der Waals surface area contributed by atoms with Crippen molar-refractivity contribution in [2.75, 3.05) is 26.2 Å². The molecule has 0 bridgehead atoms. The molecule has 0 spiro atoms. The van der Waals surface area contributed by atoms with Gasteiger partial charge >= 0.3 is 0 Å². The van der Waals surface area contributed by atoms with E-state index in [1.165, 1.54) is 0 Å². The van der Waals surface area contributed by atoms with Crippen LogP contribution in [0.4, 0.5) is 0 Å². The first-order chi connectivity index (χ1) is 17.1. The maximum atomic E-state index is 13.4. The predicted molar refractivity (Wildman–Crippen MR) is 137 cm³/mol. The van der Waals surface area contributed by atoms with Gasteiger partial charge < -0.3 is 5.11 Å². The number of nitrogens with zero attached hydrogens (tertiary/aromatic N) is 2. The number of aliphatic hydroxyl groups is 1. The minimum atomic E-state index is -3.57. The van der Waals surface area contributed by atoms with Gasteiger partial charge in [0.2, 0.25) is 10.0 Å². The van der Waals surface area contributed by atoms with Crippen LogP contribution in [0.2, 0.25) is 0 Å². The van der Waals surface area contributed by atoms with Crippen LogP contribution in [0.15, 0.2) is 89.8 Å². The van der Waals surface area contributed by atoms with Crippen LogP contribution in [-0.4, -0.2) is 61.1 Å². The molecule has 2 aliphatic heterocycles. The molecule has 2 saturated heterocycles. The molecule has 0 unspecified atom stereocenters. The molecule has 3 aromatic carbocycles. The third-order valence-electron chi connectivity index (χ3n) is 7.13.